The molecule has 0 N–H and O–H groups in total. The number of carbonyl (C=O) groups excluding carboxylic acids is 1. The van der Waals surface area contributed by atoms with Crippen LogP contribution < -0.4 is 0 Å². The Morgan fingerprint density at radius 1 is 1.35 bits per heavy atom. The number of ether oxygens (including phenoxy) is 1. The van der Waals surface area contributed by atoms with Crippen LogP contribution in [0.2, 0.25) is 0 Å². The van der Waals surface area contributed by atoms with E-state index in [-0.39, 0.29) is 10.8 Å². The highest BCUT2D eigenvalue weighted by Crippen LogP contribution is 2.37. The molecule has 0 saturated carbocycles. The summed E-state index contributed by atoms with van der Waals surface area (Å²) in [6.45, 7) is 2.19. The lowest BCUT2D eigenvalue weighted by atomic mass is 10.1. The first-order chi connectivity index (χ1) is 8.11. The maximum Gasteiger partial charge on any atom is 0.351 e. The molecule has 0 spiro atoms. The first kappa shape index (κ1) is 15.4. The fraction of sp³-hybridized carbons (Fsp3) is 0.583. The van der Waals surface area contributed by atoms with Gasteiger partial charge in [-0.15, -0.1) is 0 Å². The maximum atomic E-state index is 11.4. The van der Waals surface area contributed by atoms with Gasteiger partial charge >= 0.3 is 5.97 Å². The van der Waals surface area contributed by atoms with E-state index in [4.69, 9.17) is 4.74 Å². The van der Waals surface area contributed by atoms with Crippen molar-refractivity contribution in [2.24, 2.45) is 0 Å². The minimum absolute atomic E-state index is 0.156. The summed E-state index contributed by atoms with van der Waals surface area (Å²) in [7, 11) is 0. The zero-order valence-electron chi connectivity index (χ0n) is 9.64. The summed E-state index contributed by atoms with van der Waals surface area (Å²) in [6, 6.07) is 0. The largest absolute Gasteiger partial charge is 0.422 e. The molecule has 0 aromatic heterocycles. The van der Waals surface area contributed by atoms with Crippen molar-refractivity contribution in [2.45, 2.75) is 43.9 Å². The number of halogens is 3. The van der Waals surface area contributed by atoms with Crippen molar-refractivity contribution in [1.82, 2.24) is 0 Å². The number of hydrogen-bond acceptors (Lipinski definition) is 2. The molecule has 1 atom stereocenters. The SMILES string of the molecule is CCCCCCC(Br)C1=C(Br)C(=O)OC1=CBr. The van der Waals surface area contributed by atoms with Gasteiger partial charge in [0.15, 0.2) is 0 Å². The minimum atomic E-state index is -0.316. The predicted molar refractivity (Wildman–Crippen MR) is 80.5 cm³/mol. The van der Waals surface area contributed by atoms with Gasteiger partial charge in [-0.05, 0) is 22.4 Å². The molecule has 0 bridgehead atoms. The van der Waals surface area contributed by atoms with Gasteiger partial charge in [0.2, 0.25) is 0 Å². The fourth-order valence-corrected chi connectivity index (χ4v) is 3.66. The molecule has 1 aliphatic heterocycles. The Bertz CT molecular complexity index is 348. The molecular weight excluding hydrogens is 416 g/mol. The summed E-state index contributed by atoms with van der Waals surface area (Å²) in [6.07, 6.45) is 5.87. The van der Waals surface area contributed by atoms with Crippen LogP contribution in [-0.2, 0) is 9.53 Å². The molecule has 0 amide bonds. The summed E-state index contributed by atoms with van der Waals surface area (Å²) in [5, 5.41) is 0. The standard InChI is InChI=1S/C12H15Br3O2/c1-2-3-4-5-6-8(14)10-9(7-13)17-12(16)11(10)15/h7-8H,2-6H2,1H3. The van der Waals surface area contributed by atoms with E-state index in [9.17, 15) is 4.79 Å². The van der Waals surface area contributed by atoms with Gasteiger partial charge in [0.05, 0.1) is 0 Å². The number of rotatable bonds is 6. The molecule has 2 nitrogen and oxygen atoms in total. The van der Waals surface area contributed by atoms with Crippen LogP contribution in [0.1, 0.15) is 39.0 Å². The Kier molecular flexibility index (Phi) is 7.04. The summed E-state index contributed by atoms with van der Waals surface area (Å²) in [5.41, 5.74) is 0.906. The average molecular weight is 431 g/mol. The highest BCUT2D eigenvalue weighted by atomic mass is 79.9. The van der Waals surface area contributed by atoms with E-state index in [0.29, 0.717) is 10.2 Å². The second-order valence-electron chi connectivity index (χ2n) is 3.91. The lowest BCUT2D eigenvalue weighted by molar-refractivity contribution is -0.132. The molecule has 0 aliphatic carbocycles. The number of allylic oxidation sites excluding steroid dienone is 1. The number of esters is 1. The van der Waals surface area contributed by atoms with E-state index in [2.05, 4.69) is 54.7 Å². The maximum absolute atomic E-state index is 11.4. The molecule has 0 aromatic rings. The second kappa shape index (κ2) is 7.74. The Labute approximate surface area is 127 Å². The van der Waals surface area contributed by atoms with E-state index < -0.39 is 0 Å². The molecule has 0 aromatic carbocycles. The molecule has 1 rings (SSSR count). The normalized spacial score (nSPS) is 20.0. The molecule has 5 heteroatoms. The first-order valence-corrected chi connectivity index (χ1v) is 8.30. The lowest BCUT2D eigenvalue weighted by Crippen LogP contribution is -2.03. The van der Waals surface area contributed by atoms with Crippen molar-refractivity contribution in [1.29, 1.82) is 0 Å². The molecule has 0 saturated heterocycles. The minimum Gasteiger partial charge on any atom is -0.422 e. The van der Waals surface area contributed by atoms with Crippen LogP contribution in [0.3, 0.4) is 0 Å². The highest BCUT2D eigenvalue weighted by Gasteiger charge is 2.31. The van der Waals surface area contributed by atoms with Crippen LogP contribution in [0, 0.1) is 0 Å². The number of unbranched alkanes of at least 4 members (excludes halogenated alkanes) is 3. The van der Waals surface area contributed by atoms with Gasteiger partial charge in [0, 0.05) is 15.4 Å². The Morgan fingerprint density at radius 2 is 2.06 bits per heavy atom. The van der Waals surface area contributed by atoms with Crippen molar-refractivity contribution in [3.05, 3.63) is 20.8 Å². The average Bonchev–Trinajstić information content (AvgIpc) is 2.61. The Morgan fingerprint density at radius 3 is 2.65 bits per heavy atom. The molecule has 1 heterocycles. The van der Waals surface area contributed by atoms with Gasteiger partial charge in [-0.25, -0.2) is 4.79 Å². The molecular formula is C12H15Br3O2. The number of hydrogen-bond donors (Lipinski definition) is 0. The molecule has 1 aliphatic rings. The van der Waals surface area contributed by atoms with Crippen LogP contribution in [0.5, 0.6) is 0 Å². The topological polar surface area (TPSA) is 26.3 Å². The molecule has 0 fully saturated rings. The van der Waals surface area contributed by atoms with E-state index >= 15 is 0 Å². The first-order valence-electron chi connectivity index (χ1n) is 5.68. The fourth-order valence-electron chi connectivity index (χ4n) is 1.69. The zero-order valence-corrected chi connectivity index (χ0v) is 14.4. The third-order valence-corrected chi connectivity index (χ3v) is 4.69. The Balaban J connectivity index is 2.61. The van der Waals surface area contributed by atoms with E-state index in [0.717, 1.165) is 18.4 Å². The summed E-state index contributed by atoms with van der Waals surface area (Å²) in [5.74, 6) is 0.281. The smallest absolute Gasteiger partial charge is 0.351 e. The van der Waals surface area contributed by atoms with Crippen LogP contribution >= 0.6 is 47.8 Å². The quantitative estimate of drug-likeness (QED) is 0.330. The summed E-state index contributed by atoms with van der Waals surface area (Å²) < 4.78 is 5.64. The van der Waals surface area contributed by atoms with Crippen LogP contribution in [0.25, 0.3) is 0 Å². The number of carbonyl (C=O) groups is 1. The van der Waals surface area contributed by atoms with Gasteiger partial charge < -0.3 is 4.74 Å². The Hall–Kier alpha value is 0.390. The van der Waals surface area contributed by atoms with E-state index in [1.54, 1.807) is 4.99 Å². The molecule has 1 unspecified atom stereocenters. The number of alkyl halides is 1. The second-order valence-corrected chi connectivity index (χ2v) is 6.26. The van der Waals surface area contributed by atoms with Crippen molar-refractivity contribution in [3.8, 4) is 0 Å². The van der Waals surface area contributed by atoms with E-state index in [1.165, 1.54) is 19.3 Å². The van der Waals surface area contributed by atoms with Crippen LogP contribution in [0.4, 0.5) is 0 Å². The van der Waals surface area contributed by atoms with Crippen LogP contribution in [-0.4, -0.2) is 10.8 Å². The summed E-state index contributed by atoms with van der Waals surface area (Å²) >= 11 is 10.1. The predicted octanol–water partition coefficient (Wildman–Crippen LogP) is 5.16. The van der Waals surface area contributed by atoms with Crippen molar-refractivity contribution in [3.63, 3.8) is 0 Å². The van der Waals surface area contributed by atoms with Crippen LogP contribution in [0.15, 0.2) is 20.8 Å². The van der Waals surface area contributed by atoms with Gasteiger partial charge in [0.1, 0.15) is 10.2 Å². The van der Waals surface area contributed by atoms with Gasteiger partial charge in [-0.3, -0.25) is 0 Å². The van der Waals surface area contributed by atoms with E-state index in [1.807, 2.05) is 0 Å². The molecule has 96 valence electrons. The highest BCUT2D eigenvalue weighted by molar-refractivity contribution is 9.12. The molecule has 0 radical (unpaired) electrons. The van der Waals surface area contributed by atoms with Gasteiger partial charge in [0.25, 0.3) is 0 Å². The van der Waals surface area contributed by atoms with Crippen molar-refractivity contribution < 1.29 is 9.53 Å². The monoisotopic (exact) mass is 428 g/mol. The van der Waals surface area contributed by atoms with Gasteiger partial charge in [-0.1, -0.05) is 64.5 Å². The summed E-state index contributed by atoms with van der Waals surface area (Å²) in [4.78, 5) is 13.2. The van der Waals surface area contributed by atoms with Gasteiger partial charge in [-0.2, -0.15) is 0 Å². The van der Waals surface area contributed by atoms with Crippen molar-refractivity contribution >= 4 is 53.8 Å². The third-order valence-electron chi connectivity index (χ3n) is 2.61. The third kappa shape index (κ3) is 4.21. The zero-order chi connectivity index (χ0) is 12.8. The number of cyclic esters (lactones) is 1. The molecule has 17 heavy (non-hydrogen) atoms. The lowest BCUT2D eigenvalue weighted by Gasteiger charge is -2.11. The van der Waals surface area contributed by atoms with Crippen molar-refractivity contribution in [2.75, 3.05) is 0 Å².